The van der Waals surface area contributed by atoms with E-state index in [9.17, 15) is 14.9 Å². The summed E-state index contributed by atoms with van der Waals surface area (Å²) in [6, 6.07) is 7.71. The second-order valence-electron chi connectivity index (χ2n) is 5.30. The van der Waals surface area contributed by atoms with Crippen molar-refractivity contribution in [3.8, 4) is 6.07 Å². The van der Waals surface area contributed by atoms with Gasteiger partial charge in [0.15, 0.2) is 0 Å². The van der Waals surface area contributed by atoms with Gasteiger partial charge in [0, 0.05) is 17.3 Å². The quantitative estimate of drug-likeness (QED) is 0.589. The molecule has 0 spiro atoms. The minimum absolute atomic E-state index is 0.177. The third-order valence-electron chi connectivity index (χ3n) is 3.25. The van der Waals surface area contributed by atoms with Crippen molar-refractivity contribution in [2.45, 2.75) is 26.8 Å². The molecule has 1 amide bonds. The van der Waals surface area contributed by atoms with Gasteiger partial charge < -0.3 is 15.0 Å². The highest BCUT2D eigenvalue weighted by Crippen LogP contribution is 2.20. The second-order valence-corrected chi connectivity index (χ2v) is 5.30. The fourth-order valence-corrected chi connectivity index (χ4v) is 2.33. The summed E-state index contributed by atoms with van der Waals surface area (Å²) in [6.07, 6.45) is 1.32. The van der Waals surface area contributed by atoms with Crippen LogP contribution in [0.25, 0.3) is 0 Å². The van der Waals surface area contributed by atoms with Crippen molar-refractivity contribution in [2.75, 3.05) is 11.4 Å². The molecule has 0 saturated carbocycles. The maximum Gasteiger partial charge on any atom is 0.490 e. The van der Waals surface area contributed by atoms with Crippen LogP contribution in [0.4, 0.5) is 11.6 Å². The van der Waals surface area contributed by atoms with Crippen LogP contribution in [-0.4, -0.2) is 32.1 Å². The molecule has 0 aliphatic rings. The largest absolute Gasteiger partial charge is 0.490 e. The van der Waals surface area contributed by atoms with Gasteiger partial charge in [-0.25, -0.2) is 0 Å². The molecule has 0 radical (unpaired) electrons. The summed E-state index contributed by atoms with van der Waals surface area (Å²) < 4.78 is 1.11. The van der Waals surface area contributed by atoms with E-state index in [1.54, 1.807) is 0 Å². The number of nitriles is 1. The van der Waals surface area contributed by atoms with Gasteiger partial charge in [-0.1, -0.05) is 11.1 Å². The van der Waals surface area contributed by atoms with Crippen molar-refractivity contribution >= 4 is 17.5 Å². The summed E-state index contributed by atoms with van der Waals surface area (Å²) in [7, 11) is 0. The van der Waals surface area contributed by atoms with E-state index in [2.05, 4.69) is 10.1 Å². The Morgan fingerprint density at radius 3 is 2.58 bits per heavy atom. The zero-order valence-corrected chi connectivity index (χ0v) is 13.3. The number of hydrogen-bond acceptors (Lipinski definition) is 6. The Morgan fingerprint density at radius 1 is 1.38 bits per heavy atom. The number of aryl methyl sites for hydroxylation is 2. The highest BCUT2D eigenvalue weighted by atomic mass is 16.6. The average molecular weight is 328 g/mol. The third kappa shape index (κ3) is 4.13. The normalized spacial score (nSPS) is 10.2. The molecule has 0 unspecified atom stereocenters. The van der Waals surface area contributed by atoms with Crippen LogP contribution in [0.15, 0.2) is 24.5 Å². The molecule has 9 heteroatoms. The number of amides is 1. The predicted molar refractivity (Wildman–Crippen MR) is 85.2 cm³/mol. The van der Waals surface area contributed by atoms with Crippen LogP contribution in [0, 0.1) is 35.3 Å². The third-order valence-corrected chi connectivity index (χ3v) is 3.25. The minimum atomic E-state index is -0.724. The number of benzene rings is 1. The molecular weight excluding hydrogens is 312 g/mol. The number of nitrogens with zero attached hydrogens (tertiary/aromatic N) is 6. The molecule has 0 N–H and O–H groups in total. The van der Waals surface area contributed by atoms with Gasteiger partial charge in [-0.2, -0.15) is 9.94 Å². The fraction of sp³-hybridized carbons (Fsp3) is 0.333. The molecular formula is C15H16N6O3. The Hall–Kier alpha value is -3.28. The van der Waals surface area contributed by atoms with Crippen LogP contribution in [0.2, 0.25) is 0 Å². The number of carbonyl (C=O) groups is 1. The molecule has 2 aromatic rings. The smallest absolute Gasteiger partial charge is 0.390 e. The Balaban J connectivity index is 2.24. The van der Waals surface area contributed by atoms with Gasteiger partial charge in [-0.3, -0.25) is 4.79 Å². The standard InChI is InChI=1S/C15H16N6O3/c1-11-6-12(2)8-13(7-11)20(5-3-4-16)14(22)9-19-10-17-15(18-19)21(23)24/h6-8,10H,3,5,9H2,1-2H3. The Kier molecular flexibility index (Phi) is 5.21. The number of hydrogen-bond donors (Lipinski definition) is 0. The van der Waals surface area contributed by atoms with Gasteiger partial charge in [-0.05, 0) is 42.0 Å². The summed E-state index contributed by atoms with van der Waals surface area (Å²) in [5.41, 5.74) is 2.68. The van der Waals surface area contributed by atoms with Crippen LogP contribution in [-0.2, 0) is 11.3 Å². The van der Waals surface area contributed by atoms with E-state index >= 15 is 0 Å². The first kappa shape index (κ1) is 17.1. The van der Waals surface area contributed by atoms with Crippen molar-refractivity contribution in [2.24, 2.45) is 0 Å². The van der Waals surface area contributed by atoms with Crippen molar-refractivity contribution in [1.29, 1.82) is 5.26 Å². The molecule has 0 fully saturated rings. The van der Waals surface area contributed by atoms with Crippen molar-refractivity contribution < 1.29 is 9.72 Å². The van der Waals surface area contributed by atoms with E-state index in [1.165, 1.54) is 4.90 Å². The zero-order valence-electron chi connectivity index (χ0n) is 13.3. The van der Waals surface area contributed by atoms with Crippen molar-refractivity contribution in [1.82, 2.24) is 14.8 Å². The van der Waals surface area contributed by atoms with Crippen LogP contribution < -0.4 is 4.90 Å². The average Bonchev–Trinajstić information content (AvgIpc) is 2.95. The highest BCUT2D eigenvalue weighted by Gasteiger charge is 2.20. The maximum absolute atomic E-state index is 12.6. The van der Waals surface area contributed by atoms with Crippen LogP contribution in [0.1, 0.15) is 17.5 Å². The van der Waals surface area contributed by atoms with Gasteiger partial charge in [-0.15, -0.1) is 0 Å². The van der Waals surface area contributed by atoms with Crippen LogP contribution in [0.5, 0.6) is 0 Å². The van der Waals surface area contributed by atoms with E-state index in [-0.39, 0.29) is 25.4 Å². The molecule has 9 nitrogen and oxygen atoms in total. The molecule has 24 heavy (non-hydrogen) atoms. The molecule has 0 atom stereocenters. The molecule has 0 aliphatic carbocycles. The van der Waals surface area contributed by atoms with Gasteiger partial charge in [0.1, 0.15) is 6.54 Å². The molecule has 1 aromatic carbocycles. The summed E-state index contributed by atoms with van der Waals surface area (Å²) in [5.74, 6) is -0.882. The summed E-state index contributed by atoms with van der Waals surface area (Å²) in [6.45, 7) is 3.88. The second kappa shape index (κ2) is 7.32. The minimum Gasteiger partial charge on any atom is -0.390 e. The van der Waals surface area contributed by atoms with E-state index in [1.807, 2.05) is 38.1 Å². The van der Waals surface area contributed by atoms with Gasteiger partial charge >= 0.3 is 5.95 Å². The molecule has 0 bridgehead atoms. The van der Waals surface area contributed by atoms with Gasteiger partial charge in [0.05, 0.1) is 12.5 Å². The first-order valence-corrected chi connectivity index (χ1v) is 7.20. The van der Waals surface area contributed by atoms with E-state index in [0.29, 0.717) is 5.69 Å². The Labute approximate surface area is 138 Å². The lowest BCUT2D eigenvalue weighted by molar-refractivity contribution is -0.394. The fourth-order valence-electron chi connectivity index (χ4n) is 2.33. The number of aromatic nitrogens is 3. The monoisotopic (exact) mass is 328 g/mol. The van der Waals surface area contributed by atoms with Crippen LogP contribution >= 0.6 is 0 Å². The summed E-state index contributed by atoms with van der Waals surface area (Å²) >= 11 is 0. The Bertz CT molecular complexity index is 788. The number of rotatable bonds is 6. The lowest BCUT2D eigenvalue weighted by atomic mass is 10.1. The van der Waals surface area contributed by atoms with E-state index in [0.717, 1.165) is 22.1 Å². The van der Waals surface area contributed by atoms with Crippen molar-refractivity contribution in [3.63, 3.8) is 0 Å². The van der Waals surface area contributed by atoms with Crippen molar-refractivity contribution in [3.05, 3.63) is 45.8 Å². The number of nitro groups is 1. The maximum atomic E-state index is 12.6. The molecule has 2 rings (SSSR count). The first-order valence-electron chi connectivity index (χ1n) is 7.20. The molecule has 1 heterocycles. The first-order chi connectivity index (χ1) is 11.4. The SMILES string of the molecule is Cc1cc(C)cc(N(CCC#N)C(=O)Cn2cnc([N+](=O)[O-])n2)c1. The molecule has 1 aromatic heterocycles. The molecule has 0 saturated heterocycles. The topological polar surface area (TPSA) is 118 Å². The molecule has 124 valence electrons. The Morgan fingerprint density at radius 2 is 2.04 bits per heavy atom. The van der Waals surface area contributed by atoms with E-state index in [4.69, 9.17) is 5.26 Å². The summed E-state index contributed by atoms with van der Waals surface area (Å²) in [5, 5.41) is 23.1. The number of anilines is 1. The van der Waals surface area contributed by atoms with Gasteiger partial charge in [0.2, 0.25) is 12.2 Å². The summed E-state index contributed by atoms with van der Waals surface area (Å²) in [4.78, 5) is 27.5. The lowest BCUT2D eigenvalue weighted by Crippen LogP contribution is -2.35. The van der Waals surface area contributed by atoms with E-state index < -0.39 is 10.9 Å². The zero-order chi connectivity index (χ0) is 17.7. The van der Waals surface area contributed by atoms with Gasteiger partial charge in [0.25, 0.3) is 0 Å². The molecule has 0 aliphatic heterocycles. The highest BCUT2D eigenvalue weighted by molar-refractivity contribution is 5.93. The predicted octanol–water partition coefficient (Wildman–Crippen LogP) is 1.75. The lowest BCUT2D eigenvalue weighted by Gasteiger charge is -2.22. The van der Waals surface area contributed by atoms with Crippen LogP contribution in [0.3, 0.4) is 0 Å². The number of carbonyl (C=O) groups excluding carboxylic acids is 1.